The summed E-state index contributed by atoms with van der Waals surface area (Å²) >= 11 is 0. The van der Waals surface area contributed by atoms with Crippen LogP contribution in [0.4, 0.5) is 0 Å². The molecule has 1 aliphatic rings. The molecule has 3 heteroatoms. The van der Waals surface area contributed by atoms with Gasteiger partial charge in [0.05, 0.1) is 0 Å². The molecule has 3 rings (SSSR count). The number of aryl methyl sites for hydroxylation is 1. The number of nitrogens with one attached hydrogen (secondary N) is 1. The number of hydrogen-bond acceptors (Lipinski definition) is 1. The van der Waals surface area contributed by atoms with E-state index in [1.165, 1.54) is 11.1 Å². The number of carboxylic acid groups (broad SMARTS) is 1. The van der Waals surface area contributed by atoms with Gasteiger partial charge in [-0.3, -0.25) is 0 Å². The van der Waals surface area contributed by atoms with E-state index in [2.05, 4.69) is 29.2 Å². The average molecular weight is 255 g/mol. The van der Waals surface area contributed by atoms with Crippen molar-refractivity contribution in [3.8, 4) is 0 Å². The number of carboxylic acids is 1. The largest absolute Gasteiger partial charge is 0.477 e. The molecule has 2 N–H and O–H groups in total. The van der Waals surface area contributed by atoms with E-state index >= 15 is 0 Å². The van der Waals surface area contributed by atoms with Crippen LogP contribution in [-0.2, 0) is 19.3 Å². The number of aromatic nitrogens is 1. The number of benzene rings is 1. The minimum Gasteiger partial charge on any atom is -0.477 e. The van der Waals surface area contributed by atoms with Gasteiger partial charge in [-0.2, -0.15) is 0 Å². The first kappa shape index (κ1) is 12.0. The molecule has 1 heterocycles. The van der Waals surface area contributed by atoms with Gasteiger partial charge in [-0.15, -0.1) is 0 Å². The molecule has 1 unspecified atom stereocenters. The SMILES string of the molecule is O=C(O)c1cc2c([nH]1)CC(CCc1ccccc1)C2. The zero-order chi connectivity index (χ0) is 13.2. The Labute approximate surface area is 112 Å². The third-order valence-electron chi connectivity index (χ3n) is 3.91. The number of rotatable bonds is 4. The van der Waals surface area contributed by atoms with Gasteiger partial charge in [0.2, 0.25) is 0 Å². The van der Waals surface area contributed by atoms with Crippen LogP contribution in [0.15, 0.2) is 36.4 Å². The molecule has 19 heavy (non-hydrogen) atoms. The fourth-order valence-electron chi connectivity index (χ4n) is 2.91. The van der Waals surface area contributed by atoms with Crippen LogP contribution in [0.1, 0.15) is 33.7 Å². The van der Waals surface area contributed by atoms with Gasteiger partial charge in [0.1, 0.15) is 5.69 Å². The first-order valence-electron chi connectivity index (χ1n) is 6.70. The molecule has 98 valence electrons. The van der Waals surface area contributed by atoms with Crippen molar-refractivity contribution in [2.75, 3.05) is 0 Å². The van der Waals surface area contributed by atoms with E-state index in [1.54, 1.807) is 6.07 Å². The standard InChI is InChI=1S/C16H17NO2/c18-16(19)15-10-13-8-12(9-14(13)17-15)7-6-11-4-2-1-3-5-11/h1-5,10,12,17H,6-9H2,(H,18,19). The van der Waals surface area contributed by atoms with Gasteiger partial charge >= 0.3 is 5.97 Å². The second-order valence-corrected chi connectivity index (χ2v) is 5.29. The molecule has 0 spiro atoms. The molecule has 0 bridgehead atoms. The molecule has 2 aromatic rings. The van der Waals surface area contributed by atoms with Gasteiger partial charge in [0.15, 0.2) is 0 Å². The van der Waals surface area contributed by atoms with Crippen molar-refractivity contribution in [3.05, 3.63) is 58.9 Å². The summed E-state index contributed by atoms with van der Waals surface area (Å²) in [6.07, 6.45) is 4.25. The summed E-state index contributed by atoms with van der Waals surface area (Å²) in [6.45, 7) is 0. The van der Waals surface area contributed by atoms with Gasteiger partial charge < -0.3 is 10.1 Å². The smallest absolute Gasteiger partial charge is 0.352 e. The van der Waals surface area contributed by atoms with Crippen LogP contribution in [0, 0.1) is 5.92 Å². The zero-order valence-electron chi connectivity index (χ0n) is 10.7. The molecule has 1 atom stereocenters. The number of aromatic carboxylic acids is 1. The highest BCUT2D eigenvalue weighted by atomic mass is 16.4. The summed E-state index contributed by atoms with van der Waals surface area (Å²) in [4.78, 5) is 13.9. The number of fused-ring (bicyclic) bond motifs is 1. The second kappa shape index (κ2) is 4.92. The molecule has 1 aromatic carbocycles. The maximum atomic E-state index is 10.9. The van der Waals surface area contributed by atoms with Crippen LogP contribution in [0.5, 0.6) is 0 Å². The predicted molar refractivity (Wildman–Crippen MR) is 73.4 cm³/mol. The highest BCUT2D eigenvalue weighted by molar-refractivity contribution is 5.86. The molecule has 0 amide bonds. The first-order valence-corrected chi connectivity index (χ1v) is 6.70. The Hall–Kier alpha value is -2.03. The Morgan fingerprint density at radius 3 is 2.74 bits per heavy atom. The van der Waals surface area contributed by atoms with E-state index in [-0.39, 0.29) is 0 Å². The second-order valence-electron chi connectivity index (χ2n) is 5.29. The highest BCUT2D eigenvalue weighted by Crippen LogP contribution is 2.30. The van der Waals surface area contributed by atoms with E-state index in [0.29, 0.717) is 11.6 Å². The van der Waals surface area contributed by atoms with E-state index in [0.717, 1.165) is 31.4 Å². The van der Waals surface area contributed by atoms with Crippen molar-refractivity contribution in [1.29, 1.82) is 0 Å². The van der Waals surface area contributed by atoms with Crippen molar-refractivity contribution < 1.29 is 9.90 Å². The van der Waals surface area contributed by atoms with Gasteiger partial charge in [-0.1, -0.05) is 30.3 Å². The quantitative estimate of drug-likeness (QED) is 0.882. The highest BCUT2D eigenvalue weighted by Gasteiger charge is 2.24. The predicted octanol–water partition coefficient (Wildman–Crippen LogP) is 3.06. The fourth-order valence-corrected chi connectivity index (χ4v) is 2.91. The van der Waals surface area contributed by atoms with Crippen LogP contribution in [0.25, 0.3) is 0 Å². The van der Waals surface area contributed by atoms with E-state index in [1.807, 2.05) is 6.07 Å². The molecule has 1 aliphatic carbocycles. The fraction of sp³-hybridized carbons (Fsp3) is 0.312. The normalized spacial score (nSPS) is 17.4. The lowest BCUT2D eigenvalue weighted by Gasteiger charge is -2.09. The van der Waals surface area contributed by atoms with Crippen molar-refractivity contribution in [3.63, 3.8) is 0 Å². The minimum atomic E-state index is -0.866. The summed E-state index contributed by atoms with van der Waals surface area (Å²) in [7, 11) is 0. The number of H-pyrrole nitrogens is 1. The summed E-state index contributed by atoms with van der Waals surface area (Å²) < 4.78 is 0. The number of aromatic amines is 1. The van der Waals surface area contributed by atoms with Gasteiger partial charge in [-0.05, 0) is 48.8 Å². The lowest BCUT2D eigenvalue weighted by atomic mass is 9.97. The Morgan fingerprint density at radius 2 is 2.05 bits per heavy atom. The van der Waals surface area contributed by atoms with E-state index in [9.17, 15) is 4.79 Å². The molecule has 3 nitrogen and oxygen atoms in total. The Kier molecular flexibility index (Phi) is 3.11. The van der Waals surface area contributed by atoms with Crippen LogP contribution in [-0.4, -0.2) is 16.1 Å². The number of hydrogen-bond donors (Lipinski definition) is 2. The topological polar surface area (TPSA) is 53.1 Å². The Morgan fingerprint density at radius 1 is 1.26 bits per heavy atom. The van der Waals surface area contributed by atoms with Crippen LogP contribution < -0.4 is 0 Å². The monoisotopic (exact) mass is 255 g/mol. The minimum absolute atomic E-state index is 0.325. The van der Waals surface area contributed by atoms with Crippen molar-refractivity contribution in [1.82, 2.24) is 4.98 Å². The lowest BCUT2D eigenvalue weighted by Crippen LogP contribution is -2.04. The molecule has 0 fully saturated rings. The molecule has 0 aliphatic heterocycles. The van der Waals surface area contributed by atoms with Gasteiger partial charge in [-0.25, -0.2) is 4.79 Å². The average Bonchev–Trinajstić information content (AvgIpc) is 2.95. The Bertz CT molecular complexity index is 563. The third-order valence-corrected chi connectivity index (χ3v) is 3.91. The summed E-state index contributed by atoms with van der Waals surface area (Å²) in [5, 5.41) is 8.93. The van der Waals surface area contributed by atoms with Gasteiger partial charge in [0, 0.05) is 5.69 Å². The Balaban J connectivity index is 1.59. The van der Waals surface area contributed by atoms with Crippen molar-refractivity contribution in [2.24, 2.45) is 5.92 Å². The van der Waals surface area contributed by atoms with Crippen LogP contribution >= 0.6 is 0 Å². The maximum Gasteiger partial charge on any atom is 0.352 e. The van der Waals surface area contributed by atoms with Crippen molar-refractivity contribution >= 4 is 5.97 Å². The summed E-state index contributed by atoms with van der Waals surface area (Å²) in [5.74, 6) is -0.223. The molecular weight excluding hydrogens is 238 g/mol. The van der Waals surface area contributed by atoms with E-state index in [4.69, 9.17) is 5.11 Å². The lowest BCUT2D eigenvalue weighted by molar-refractivity contribution is 0.0691. The van der Waals surface area contributed by atoms with E-state index < -0.39 is 5.97 Å². The molecular formula is C16H17NO2. The van der Waals surface area contributed by atoms with Crippen LogP contribution in [0.2, 0.25) is 0 Å². The maximum absolute atomic E-state index is 10.9. The molecule has 1 aromatic heterocycles. The van der Waals surface area contributed by atoms with Gasteiger partial charge in [0.25, 0.3) is 0 Å². The summed E-state index contributed by atoms with van der Waals surface area (Å²) in [6, 6.07) is 12.3. The zero-order valence-corrected chi connectivity index (χ0v) is 10.7. The molecule has 0 radical (unpaired) electrons. The first-order chi connectivity index (χ1) is 9.22. The molecule has 0 saturated carbocycles. The van der Waals surface area contributed by atoms with Crippen LogP contribution in [0.3, 0.4) is 0 Å². The summed E-state index contributed by atoms with van der Waals surface area (Å²) in [5.41, 5.74) is 4.02. The number of carbonyl (C=O) groups is 1. The van der Waals surface area contributed by atoms with Crippen molar-refractivity contribution in [2.45, 2.75) is 25.7 Å². The molecule has 0 saturated heterocycles. The third kappa shape index (κ3) is 2.55.